The molecule has 0 atom stereocenters. The molecular weight excluding hydrogens is 360 g/mol. The van der Waals surface area contributed by atoms with Gasteiger partial charge in [-0.05, 0) is 60.2 Å². The average Bonchev–Trinajstić information content (AvgIpc) is 3.03. The van der Waals surface area contributed by atoms with Crippen LogP contribution in [0.4, 0.5) is 0 Å². The van der Waals surface area contributed by atoms with Crippen molar-refractivity contribution in [3.63, 3.8) is 0 Å². The van der Waals surface area contributed by atoms with Gasteiger partial charge >= 0.3 is 5.97 Å². The first-order chi connectivity index (χ1) is 11.9. The number of rotatable bonds is 5. The first-order valence-corrected chi connectivity index (χ1v) is 10.3. The predicted molar refractivity (Wildman–Crippen MR) is 97.4 cm³/mol. The molecule has 5 nitrogen and oxygen atoms in total. The van der Waals surface area contributed by atoms with E-state index >= 15 is 0 Å². The molecule has 3 aromatic rings. The smallest absolute Gasteiger partial charge is 0.338 e. The summed E-state index contributed by atoms with van der Waals surface area (Å²) in [5.74, 6) is 0.610. The van der Waals surface area contributed by atoms with E-state index in [1.54, 1.807) is 31.2 Å². The minimum Gasteiger partial charge on any atom is -0.462 e. The van der Waals surface area contributed by atoms with E-state index in [0.29, 0.717) is 23.7 Å². The van der Waals surface area contributed by atoms with Gasteiger partial charge < -0.3 is 9.47 Å². The van der Waals surface area contributed by atoms with Crippen LogP contribution in [0, 0.1) is 0 Å². The van der Waals surface area contributed by atoms with Gasteiger partial charge in [-0.15, -0.1) is 11.3 Å². The van der Waals surface area contributed by atoms with Crippen LogP contribution in [0.15, 0.2) is 52.7 Å². The number of esters is 1. The Morgan fingerprint density at radius 1 is 1.12 bits per heavy atom. The Morgan fingerprint density at radius 2 is 1.84 bits per heavy atom. The second-order valence-corrected chi connectivity index (χ2v) is 8.31. The van der Waals surface area contributed by atoms with Crippen molar-refractivity contribution in [3.8, 4) is 11.5 Å². The molecule has 0 aliphatic rings. The highest BCUT2D eigenvalue weighted by atomic mass is 32.2. The van der Waals surface area contributed by atoms with Crippen LogP contribution >= 0.6 is 11.3 Å². The molecule has 0 aliphatic heterocycles. The summed E-state index contributed by atoms with van der Waals surface area (Å²) in [6.45, 7) is 2.05. The molecule has 1 heterocycles. The third kappa shape index (κ3) is 3.83. The lowest BCUT2D eigenvalue weighted by molar-refractivity contribution is 0.0526. The molecule has 0 N–H and O–H groups in total. The van der Waals surface area contributed by atoms with Crippen molar-refractivity contribution in [2.45, 2.75) is 11.8 Å². The lowest BCUT2D eigenvalue weighted by Crippen LogP contribution is -2.04. The zero-order valence-corrected chi connectivity index (χ0v) is 15.3. The second-order valence-electron chi connectivity index (χ2n) is 5.38. The highest BCUT2D eigenvalue weighted by molar-refractivity contribution is 7.90. The number of benzene rings is 2. The summed E-state index contributed by atoms with van der Waals surface area (Å²) in [4.78, 5) is 12.3. The van der Waals surface area contributed by atoms with Crippen LogP contribution in [0.3, 0.4) is 0 Å². The van der Waals surface area contributed by atoms with E-state index in [0.717, 1.165) is 16.3 Å². The lowest BCUT2D eigenvalue weighted by Gasteiger charge is -2.10. The molecule has 0 saturated carbocycles. The van der Waals surface area contributed by atoms with Crippen molar-refractivity contribution < 1.29 is 22.7 Å². The predicted octanol–water partition coefficient (Wildman–Crippen LogP) is 4.27. The molecule has 0 amide bonds. The van der Waals surface area contributed by atoms with Gasteiger partial charge in [-0.1, -0.05) is 0 Å². The molecule has 0 fully saturated rings. The van der Waals surface area contributed by atoms with E-state index in [9.17, 15) is 13.2 Å². The van der Waals surface area contributed by atoms with E-state index < -0.39 is 15.8 Å². The summed E-state index contributed by atoms with van der Waals surface area (Å²) in [6.07, 6.45) is 1.15. The van der Waals surface area contributed by atoms with Gasteiger partial charge in [-0.2, -0.15) is 0 Å². The maximum Gasteiger partial charge on any atom is 0.338 e. The number of thiophene rings is 1. The lowest BCUT2D eigenvalue weighted by atomic mass is 10.1. The van der Waals surface area contributed by atoms with Gasteiger partial charge in [-0.25, -0.2) is 13.2 Å². The zero-order chi connectivity index (χ0) is 18.0. The van der Waals surface area contributed by atoms with Crippen molar-refractivity contribution in [1.82, 2.24) is 0 Å². The van der Waals surface area contributed by atoms with Crippen molar-refractivity contribution >= 4 is 37.2 Å². The topological polar surface area (TPSA) is 69.7 Å². The van der Waals surface area contributed by atoms with Crippen LogP contribution in [0.25, 0.3) is 10.1 Å². The van der Waals surface area contributed by atoms with Gasteiger partial charge in [0.2, 0.25) is 0 Å². The summed E-state index contributed by atoms with van der Waals surface area (Å²) >= 11 is 1.50. The molecular formula is C18H16O5S2. The van der Waals surface area contributed by atoms with E-state index in [4.69, 9.17) is 9.47 Å². The Balaban J connectivity index is 1.97. The molecule has 0 aliphatic carbocycles. The summed E-state index contributed by atoms with van der Waals surface area (Å²) in [7, 11) is -3.26. The Hall–Kier alpha value is -2.38. The Kier molecular flexibility index (Phi) is 4.78. The number of fused-ring (bicyclic) bond motifs is 1. The molecule has 7 heteroatoms. The van der Waals surface area contributed by atoms with E-state index in [1.807, 2.05) is 11.4 Å². The molecule has 3 rings (SSSR count). The molecule has 0 unspecified atom stereocenters. The highest BCUT2D eigenvalue weighted by Gasteiger charge is 2.14. The minimum absolute atomic E-state index is 0.224. The number of carbonyl (C=O) groups is 1. The molecule has 0 radical (unpaired) electrons. The van der Waals surface area contributed by atoms with Gasteiger partial charge in [0.25, 0.3) is 0 Å². The second kappa shape index (κ2) is 6.85. The third-order valence-corrected chi connectivity index (χ3v) is 5.58. The molecule has 25 heavy (non-hydrogen) atoms. The van der Waals surface area contributed by atoms with E-state index in [2.05, 4.69) is 0 Å². The number of ether oxygens (including phenoxy) is 2. The van der Waals surface area contributed by atoms with Gasteiger partial charge in [0.15, 0.2) is 9.84 Å². The van der Waals surface area contributed by atoms with Crippen molar-refractivity contribution in [3.05, 3.63) is 53.4 Å². The molecule has 0 bridgehead atoms. The Morgan fingerprint density at radius 3 is 2.48 bits per heavy atom. The fourth-order valence-corrected chi connectivity index (χ4v) is 3.80. The fourth-order valence-electron chi connectivity index (χ4n) is 2.34. The van der Waals surface area contributed by atoms with Gasteiger partial charge in [0.1, 0.15) is 11.5 Å². The van der Waals surface area contributed by atoms with Gasteiger partial charge in [0.05, 0.1) is 21.8 Å². The molecule has 1 aromatic heterocycles. The average molecular weight is 376 g/mol. The maximum absolute atomic E-state index is 12.0. The molecule has 0 spiro atoms. The number of hydrogen-bond donors (Lipinski definition) is 0. The first kappa shape index (κ1) is 17.4. The van der Waals surface area contributed by atoms with Crippen molar-refractivity contribution in [2.75, 3.05) is 12.9 Å². The number of hydrogen-bond acceptors (Lipinski definition) is 6. The molecule has 0 saturated heterocycles. The van der Waals surface area contributed by atoms with Crippen LogP contribution in [-0.4, -0.2) is 27.2 Å². The summed E-state index contributed by atoms with van der Waals surface area (Å²) in [5, 5.41) is 2.80. The number of carbonyl (C=O) groups excluding carboxylic acids is 1. The van der Waals surface area contributed by atoms with Crippen molar-refractivity contribution in [1.29, 1.82) is 0 Å². The van der Waals surface area contributed by atoms with Crippen LogP contribution in [0.5, 0.6) is 11.5 Å². The summed E-state index contributed by atoms with van der Waals surface area (Å²) in [5.41, 5.74) is 0.413. The quantitative estimate of drug-likeness (QED) is 0.622. The van der Waals surface area contributed by atoms with Crippen LogP contribution in [0.1, 0.15) is 17.3 Å². The normalized spacial score (nSPS) is 11.4. The molecule has 2 aromatic carbocycles. The SMILES string of the molecule is CCOC(=O)c1cc(Oc2ccc(S(C)(=O)=O)cc2)c2sccc2c1. The fraction of sp³-hybridized carbons (Fsp3) is 0.167. The molecule has 130 valence electrons. The Bertz CT molecular complexity index is 1020. The van der Waals surface area contributed by atoms with Gasteiger partial charge in [0, 0.05) is 6.26 Å². The van der Waals surface area contributed by atoms with Crippen LogP contribution in [-0.2, 0) is 14.6 Å². The van der Waals surface area contributed by atoms with Gasteiger partial charge in [-0.3, -0.25) is 0 Å². The first-order valence-electron chi connectivity index (χ1n) is 7.55. The van der Waals surface area contributed by atoms with E-state index in [-0.39, 0.29) is 4.90 Å². The summed E-state index contributed by atoms with van der Waals surface area (Å²) < 4.78 is 34.9. The highest BCUT2D eigenvalue weighted by Crippen LogP contribution is 2.35. The monoisotopic (exact) mass is 376 g/mol. The zero-order valence-electron chi connectivity index (χ0n) is 13.7. The largest absolute Gasteiger partial charge is 0.462 e. The summed E-state index contributed by atoms with van der Waals surface area (Å²) in [6, 6.07) is 11.5. The number of sulfone groups is 1. The van der Waals surface area contributed by atoms with Crippen LogP contribution in [0.2, 0.25) is 0 Å². The van der Waals surface area contributed by atoms with E-state index in [1.165, 1.54) is 23.5 Å². The van der Waals surface area contributed by atoms with Crippen LogP contribution < -0.4 is 4.74 Å². The minimum atomic E-state index is -3.26. The standard InChI is InChI=1S/C18H16O5S2/c1-3-22-18(19)13-10-12-8-9-24-17(12)16(11-13)23-14-4-6-15(7-5-14)25(2,20)21/h4-11H,3H2,1-2H3. The third-order valence-electron chi connectivity index (χ3n) is 3.51. The Labute approximate surface area is 149 Å². The van der Waals surface area contributed by atoms with Crippen molar-refractivity contribution in [2.24, 2.45) is 0 Å². The maximum atomic E-state index is 12.0.